The van der Waals surface area contributed by atoms with Crippen molar-refractivity contribution in [3.8, 4) is 0 Å². The van der Waals surface area contributed by atoms with Crippen molar-refractivity contribution in [3.05, 3.63) is 35.9 Å². The SMILES string of the molecule is CC(NC(CCc1ccccc1)C(=O)O)C(=O)N1C(=O)N(C)CC1C(=O)OCCCON(O)O. The lowest BCUT2D eigenvalue weighted by Crippen LogP contribution is -2.54. The van der Waals surface area contributed by atoms with Gasteiger partial charge in [-0.2, -0.15) is 0 Å². The zero-order valence-electron chi connectivity index (χ0n) is 19.0. The zero-order chi connectivity index (χ0) is 25.3. The Labute approximate surface area is 196 Å². The van der Waals surface area contributed by atoms with Crippen molar-refractivity contribution in [2.75, 3.05) is 26.8 Å². The maximum atomic E-state index is 13.0. The van der Waals surface area contributed by atoms with Gasteiger partial charge in [0.1, 0.15) is 6.04 Å². The van der Waals surface area contributed by atoms with E-state index in [-0.39, 0.29) is 32.6 Å². The van der Waals surface area contributed by atoms with Gasteiger partial charge in [0.15, 0.2) is 6.04 Å². The standard InChI is InChI=1S/C21H30N4O9/c1-14(22-16(19(27)28)10-9-15-7-4-3-5-8-15)18(26)24-17(13-23(2)21(24)30)20(29)33-11-6-12-34-25(31)32/h3-5,7-8,14,16-17,22,31-32H,6,9-13H2,1-2H3,(H,27,28). The fourth-order valence-electron chi connectivity index (χ4n) is 3.45. The minimum absolute atomic E-state index is 0.0793. The van der Waals surface area contributed by atoms with Crippen LogP contribution >= 0.6 is 0 Å². The molecule has 1 aromatic carbocycles. The number of aliphatic carboxylic acids is 1. The number of nitrogens with one attached hydrogen (secondary N) is 1. The molecule has 0 aromatic heterocycles. The Morgan fingerprint density at radius 2 is 1.88 bits per heavy atom. The molecule has 0 saturated carbocycles. The van der Waals surface area contributed by atoms with E-state index >= 15 is 0 Å². The van der Waals surface area contributed by atoms with Crippen LogP contribution in [0, 0.1) is 0 Å². The number of carboxylic acids is 1. The van der Waals surface area contributed by atoms with Gasteiger partial charge in [0.25, 0.3) is 0 Å². The Morgan fingerprint density at radius 1 is 1.21 bits per heavy atom. The van der Waals surface area contributed by atoms with E-state index in [1.54, 1.807) is 0 Å². The van der Waals surface area contributed by atoms with Gasteiger partial charge in [0, 0.05) is 13.5 Å². The van der Waals surface area contributed by atoms with Crippen LogP contribution in [0.3, 0.4) is 0 Å². The minimum atomic E-state index is -1.20. The maximum absolute atomic E-state index is 13.0. The van der Waals surface area contributed by atoms with E-state index in [0.29, 0.717) is 6.42 Å². The zero-order valence-corrected chi connectivity index (χ0v) is 19.0. The number of rotatable bonds is 13. The molecule has 1 fully saturated rings. The molecule has 1 aliphatic rings. The van der Waals surface area contributed by atoms with Gasteiger partial charge in [0.2, 0.25) is 5.91 Å². The van der Waals surface area contributed by atoms with Gasteiger partial charge >= 0.3 is 18.0 Å². The second-order valence-electron chi connectivity index (χ2n) is 7.80. The summed E-state index contributed by atoms with van der Waals surface area (Å²) in [4.78, 5) is 56.1. The van der Waals surface area contributed by atoms with Gasteiger partial charge in [-0.3, -0.25) is 30.2 Å². The molecule has 1 aromatic rings. The first-order chi connectivity index (χ1) is 16.1. The van der Waals surface area contributed by atoms with Crippen LogP contribution in [0.25, 0.3) is 0 Å². The fourth-order valence-corrected chi connectivity index (χ4v) is 3.45. The van der Waals surface area contributed by atoms with Crippen molar-refractivity contribution in [2.24, 2.45) is 0 Å². The van der Waals surface area contributed by atoms with E-state index in [2.05, 4.69) is 10.2 Å². The monoisotopic (exact) mass is 482 g/mol. The molecule has 2 rings (SSSR count). The lowest BCUT2D eigenvalue weighted by Gasteiger charge is -2.26. The third-order valence-corrected chi connectivity index (χ3v) is 5.22. The third-order valence-electron chi connectivity index (χ3n) is 5.22. The van der Waals surface area contributed by atoms with Crippen LogP contribution in [0.1, 0.15) is 25.3 Å². The highest BCUT2D eigenvalue weighted by molar-refractivity contribution is 6.03. The summed E-state index contributed by atoms with van der Waals surface area (Å²) < 4.78 is 5.08. The Bertz CT molecular complexity index is 852. The van der Waals surface area contributed by atoms with E-state index in [4.69, 9.17) is 15.2 Å². The van der Waals surface area contributed by atoms with Crippen LogP contribution in [0.4, 0.5) is 4.79 Å². The number of ether oxygens (including phenoxy) is 1. The molecular weight excluding hydrogens is 452 g/mol. The van der Waals surface area contributed by atoms with E-state index < -0.39 is 47.4 Å². The van der Waals surface area contributed by atoms with Gasteiger partial charge in [-0.05, 0) is 25.3 Å². The first kappa shape index (κ1) is 27.1. The number of hydrogen-bond acceptors (Lipinski definition) is 10. The minimum Gasteiger partial charge on any atom is -0.480 e. The highest BCUT2D eigenvalue weighted by Gasteiger charge is 2.46. The molecule has 0 radical (unpaired) electrons. The molecule has 0 spiro atoms. The molecule has 1 saturated heterocycles. The Hall–Kier alpha value is -3.10. The number of esters is 1. The molecule has 3 amide bonds. The first-order valence-corrected chi connectivity index (χ1v) is 10.7. The van der Waals surface area contributed by atoms with E-state index in [1.165, 1.54) is 18.9 Å². The van der Waals surface area contributed by atoms with Gasteiger partial charge in [-0.1, -0.05) is 30.3 Å². The highest BCUT2D eigenvalue weighted by atomic mass is 17.1. The summed E-state index contributed by atoms with van der Waals surface area (Å²) in [6, 6.07) is 5.30. The molecule has 4 N–H and O–H groups in total. The van der Waals surface area contributed by atoms with Crippen molar-refractivity contribution < 1.29 is 44.3 Å². The molecule has 0 bridgehead atoms. The average molecular weight is 482 g/mol. The molecular formula is C21H30N4O9. The van der Waals surface area contributed by atoms with Crippen molar-refractivity contribution in [1.29, 1.82) is 0 Å². The molecule has 1 heterocycles. The number of amides is 3. The Balaban J connectivity index is 1.97. The van der Waals surface area contributed by atoms with Crippen LogP contribution in [0.2, 0.25) is 0 Å². The number of hydrogen-bond donors (Lipinski definition) is 4. The van der Waals surface area contributed by atoms with Crippen molar-refractivity contribution >= 4 is 23.9 Å². The van der Waals surface area contributed by atoms with Crippen molar-refractivity contribution in [1.82, 2.24) is 20.5 Å². The molecule has 188 valence electrons. The number of carboxylic acid groups (broad SMARTS) is 1. The predicted molar refractivity (Wildman–Crippen MR) is 114 cm³/mol. The predicted octanol–water partition coefficient (Wildman–Crippen LogP) is 0.258. The first-order valence-electron chi connectivity index (χ1n) is 10.7. The largest absolute Gasteiger partial charge is 0.480 e. The summed E-state index contributed by atoms with van der Waals surface area (Å²) in [7, 11) is 1.43. The number of aryl methyl sites for hydroxylation is 1. The highest BCUT2D eigenvalue weighted by Crippen LogP contribution is 2.18. The number of carbonyl (C=O) groups is 4. The number of urea groups is 1. The summed E-state index contributed by atoms with van der Waals surface area (Å²) in [5.74, 6) is -2.70. The van der Waals surface area contributed by atoms with Crippen molar-refractivity contribution in [3.63, 3.8) is 0 Å². The van der Waals surface area contributed by atoms with Crippen LogP contribution in [0.5, 0.6) is 0 Å². The lowest BCUT2D eigenvalue weighted by molar-refractivity contribution is -0.492. The van der Waals surface area contributed by atoms with Crippen LogP contribution in [0.15, 0.2) is 30.3 Å². The summed E-state index contributed by atoms with van der Waals surface area (Å²) in [6.07, 6.45) is 0.824. The third kappa shape index (κ3) is 7.74. The topological polar surface area (TPSA) is 169 Å². The normalized spacial score (nSPS) is 17.7. The van der Waals surface area contributed by atoms with Gasteiger partial charge < -0.3 is 14.7 Å². The summed E-state index contributed by atoms with van der Waals surface area (Å²) in [6.45, 7) is 1.07. The summed E-state index contributed by atoms with van der Waals surface area (Å²) in [5, 5.41) is 28.8. The number of benzene rings is 1. The summed E-state index contributed by atoms with van der Waals surface area (Å²) >= 11 is 0. The number of nitrogens with zero attached hydrogens (tertiary/aromatic N) is 3. The molecule has 3 unspecified atom stereocenters. The maximum Gasteiger partial charge on any atom is 0.331 e. The quantitative estimate of drug-likeness (QED) is 0.173. The molecule has 13 nitrogen and oxygen atoms in total. The van der Waals surface area contributed by atoms with E-state index in [0.717, 1.165) is 10.5 Å². The summed E-state index contributed by atoms with van der Waals surface area (Å²) in [5.41, 5.74) is 0.949. The van der Waals surface area contributed by atoms with E-state index in [9.17, 15) is 24.3 Å². The van der Waals surface area contributed by atoms with Crippen LogP contribution < -0.4 is 5.32 Å². The number of likely N-dealkylation sites (N-methyl/N-ethyl adjacent to an activating group) is 1. The molecule has 34 heavy (non-hydrogen) atoms. The van der Waals surface area contributed by atoms with Crippen LogP contribution in [-0.2, 0) is 30.4 Å². The number of imide groups is 1. The van der Waals surface area contributed by atoms with Gasteiger partial charge in [-0.25, -0.2) is 14.5 Å². The van der Waals surface area contributed by atoms with Crippen molar-refractivity contribution in [2.45, 2.75) is 44.3 Å². The molecule has 13 heteroatoms. The van der Waals surface area contributed by atoms with Crippen LogP contribution in [-0.4, -0.2) is 99.5 Å². The average Bonchev–Trinajstić information content (AvgIpc) is 3.10. The molecule has 0 aliphatic carbocycles. The second kappa shape index (κ2) is 13.0. The lowest BCUT2D eigenvalue weighted by atomic mass is 10.0. The Morgan fingerprint density at radius 3 is 2.50 bits per heavy atom. The molecule has 1 aliphatic heterocycles. The molecule has 3 atom stereocenters. The van der Waals surface area contributed by atoms with Gasteiger partial charge in [0.05, 0.1) is 31.2 Å². The Kier molecular flexibility index (Phi) is 10.3. The fraction of sp³-hybridized carbons (Fsp3) is 0.524. The van der Waals surface area contributed by atoms with Gasteiger partial charge in [-0.15, -0.1) is 0 Å². The number of carbonyl (C=O) groups excluding carboxylic acids is 3. The smallest absolute Gasteiger partial charge is 0.331 e. The second-order valence-corrected chi connectivity index (χ2v) is 7.80. The van der Waals surface area contributed by atoms with E-state index in [1.807, 2.05) is 30.3 Å².